The molecule has 0 radical (unpaired) electrons. The molecule has 3 aromatic rings. The standard InChI is InChI=1S/C21H14Cl2FN5O2/c22-14-1-2-15(19(24)18(14)23)28-20-13-6-17(29(30)31)11(5-16(13)26-10-27-20)3-4-21-7-12(21)8-25-9-21/h1-2,5-6,10,12,25H,7-9H2,(H,26,27,28)/t12-,21+/m1/s1. The summed E-state index contributed by atoms with van der Waals surface area (Å²) in [6.45, 7) is 1.74. The number of nitrogens with one attached hydrogen (secondary N) is 2. The zero-order chi connectivity index (χ0) is 21.8. The molecule has 1 saturated heterocycles. The second-order valence-corrected chi connectivity index (χ2v) is 8.44. The van der Waals surface area contributed by atoms with Crippen LogP contribution in [0.2, 0.25) is 10.0 Å². The zero-order valence-corrected chi connectivity index (χ0v) is 17.4. The highest BCUT2D eigenvalue weighted by Gasteiger charge is 2.56. The van der Waals surface area contributed by atoms with Crippen molar-refractivity contribution in [1.29, 1.82) is 0 Å². The molecule has 2 aromatic carbocycles. The number of nitrogens with zero attached hydrogens (tertiary/aromatic N) is 3. The zero-order valence-electron chi connectivity index (χ0n) is 15.9. The molecule has 31 heavy (non-hydrogen) atoms. The van der Waals surface area contributed by atoms with Gasteiger partial charge in [0.1, 0.15) is 17.7 Å². The number of piperidine rings is 1. The Labute approximate surface area is 186 Å². The molecule has 7 nitrogen and oxygen atoms in total. The lowest BCUT2D eigenvalue weighted by molar-refractivity contribution is -0.385. The number of benzene rings is 2. The summed E-state index contributed by atoms with van der Waals surface area (Å²) in [7, 11) is 0. The van der Waals surface area contributed by atoms with Crippen molar-refractivity contribution in [3.63, 3.8) is 0 Å². The number of fused-ring (bicyclic) bond motifs is 2. The average molecular weight is 458 g/mol. The van der Waals surface area contributed by atoms with Gasteiger partial charge in [-0.2, -0.15) is 0 Å². The van der Waals surface area contributed by atoms with Crippen molar-refractivity contribution in [2.75, 3.05) is 18.4 Å². The predicted molar refractivity (Wildman–Crippen MR) is 116 cm³/mol. The largest absolute Gasteiger partial charge is 0.337 e. The van der Waals surface area contributed by atoms with E-state index in [1.165, 1.54) is 24.5 Å². The van der Waals surface area contributed by atoms with Crippen LogP contribution in [0.5, 0.6) is 0 Å². The molecule has 156 valence electrons. The van der Waals surface area contributed by atoms with Crippen molar-refractivity contribution >= 4 is 51.3 Å². The van der Waals surface area contributed by atoms with Crippen LogP contribution in [0, 0.1) is 39.1 Å². The molecule has 0 amide bonds. The smallest absolute Gasteiger partial charge is 0.285 e. The van der Waals surface area contributed by atoms with Gasteiger partial charge < -0.3 is 10.6 Å². The molecule has 0 bridgehead atoms. The van der Waals surface area contributed by atoms with E-state index in [9.17, 15) is 14.5 Å². The van der Waals surface area contributed by atoms with Gasteiger partial charge in [0.25, 0.3) is 5.69 Å². The molecule has 5 rings (SSSR count). The fourth-order valence-corrected chi connectivity index (χ4v) is 4.23. The van der Waals surface area contributed by atoms with Gasteiger partial charge in [-0.15, -0.1) is 0 Å². The van der Waals surface area contributed by atoms with Crippen LogP contribution in [-0.4, -0.2) is 28.0 Å². The second-order valence-electron chi connectivity index (χ2n) is 7.65. The monoisotopic (exact) mass is 457 g/mol. The Morgan fingerprint density at radius 2 is 2.16 bits per heavy atom. The van der Waals surface area contributed by atoms with Gasteiger partial charge in [-0.1, -0.05) is 35.0 Å². The summed E-state index contributed by atoms with van der Waals surface area (Å²) >= 11 is 11.7. The van der Waals surface area contributed by atoms with Crippen molar-refractivity contribution < 1.29 is 9.31 Å². The highest BCUT2D eigenvalue weighted by atomic mass is 35.5. The molecule has 2 atom stereocenters. The Balaban J connectivity index is 1.58. The number of aromatic nitrogens is 2. The minimum Gasteiger partial charge on any atom is -0.337 e. The van der Waals surface area contributed by atoms with Gasteiger partial charge in [-0.3, -0.25) is 10.1 Å². The van der Waals surface area contributed by atoms with Gasteiger partial charge in [0.05, 0.1) is 26.2 Å². The van der Waals surface area contributed by atoms with E-state index < -0.39 is 10.7 Å². The third kappa shape index (κ3) is 3.45. The van der Waals surface area contributed by atoms with Crippen LogP contribution in [0.4, 0.5) is 21.6 Å². The Morgan fingerprint density at radius 3 is 2.87 bits per heavy atom. The first-order chi connectivity index (χ1) is 14.9. The number of hydrogen-bond donors (Lipinski definition) is 2. The maximum absolute atomic E-state index is 14.5. The number of rotatable bonds is 3. The van der Waals surface area contributed by atoms with Crippen molar-refractivity contribution in [3.8, 4) is 11.8 Å². The van der Waals surface area contributed by atoms with E-state index in [2.05, 4.69) is 32.4 Å². The van der Waals surface area contributed by atoms with Crippen molar-refractivity contribution in [1.82, 2.24) is 15.3 Å². The van der Waals surface area contributed by atoms with Crippen LogP contribution in [0.1, 0.15) is 12.0 Å². The van der Waals surface area contributed by atoms with Gasteiger partial charge in [-0.25, -0.2) is 14.4 Å². The Morgan fingerprint density at radius 1 is 1.32 bits per heavy atom. The van der Waals surface area contributed by atoms with Crippen LogP contribution in [0.3, 0.4) is 0 Å². The van der Waals surface area contributed by atoms with E-state index >= 15 is 0 Å². The van der Waals surface area contributed by atoms with Crippen LogP contribution < -0.4 is 10.6 Å². The quantitative estimate of drug-likeness (QED) is 0.256. The minimum absolute atomic E-state index is 0.0357. The van der Waals surface area contributed by atoms with Crippen molar-refractivity contribution in [2.24, 2.45) is 11.3 Å². The first-order valence-electron chi connectivity index (χ1n) is 9.45. The van der Waals surface area contributed by atoms with Crippen LogP contribution in [0.15, 0.2) is 30.6 Å². The first kappa shape index (κ1) is 19.9. The Bertz CT molecular complexity index is 1320. The van der Waals surface area contributed by atoms with Gasteiger partial charge in [-0.05, 0) is 37.1 Å². The predicted octanol–water partition coefficient (Wildman–Crippen LogP) is 4.69. The molecule has 1 aliphatic heterocycles. The summed E-state index contributed by atoms with van der Waals surface area (Å²) in [6.07, 6.45) is 2.31. The molecule has 2 N–H and O–H groups in total. The number of halogens is 3. The number of anilines is 2. The van der Waals surface area contributed by atoms with E-state index in [0.29, 0.717) is 16.8 Å². The number of hydrogen-bond acceptors (Lipinski definition) is 6. The molecule has 1 aromatic heterocycles. The second kappa shape index (κ2) is 7.31. The number of nitro groups is 1. The fraction of sp³-hybridized carbons (Fsp3) is 0.238. The average Bonchev–Trinajstić information content (AvgIpc) is 3.31. The van der Waals surface area contributed by atoms with Crippen LogP contribution in [0.25, 0.3) is 10.9 Å². The lowest BCUT2D eigenvalue weighted by Crippen LogP contribution is -2.14. The van der Waals surface area contributed by atoms with Gasteiger partial charge in [0, 0.05) is 23.4 Å². The van der Waals surface area contributed by atoms with Gasteiger partial charge in [0.15, 0.2) is 5.82 Å². The lowest BCUT2D eigenvalue weighted by atomic mass is 10.0. The Kier molecular flexibility index (Phi) is 4.70. The molecule has 0 spiro atoms. The normalized spacial score (nSPS) is 21.3. The van der Waals surface area contributed by atoms with E-state index in [1.807, 2.05) is 0 Å². The molecule has 0 unspecified atom stereocenters. The van der Waals surface area contributed by atoms with E-state index in [4.69, 9.17) is 23.2 Å². The SMILES string of the molecule is O=[N+]([O-])c1cc2c(Nc3ccc(Cl)c(Cl)c3F)ncnc2cc1C#C[C@]12CNC[C@H]1C2. The molecular formula is C21H14Cl2FN5O2. The molecule has 1 aliphatic carbocycles. The van der Waals surface area contributed by atoms with E-state index in [1.54, 1.807) is 6.07 Å². The highest BCUT2D eigenvalue weighted by molar-refractivity contribution is 6.42. The van der Waals surface area contributed by atoms with Crippen LogP contribution in [-0.2, 0) is 0 Å². The van der Waals surface area contributed by atoms with Gasteiger partial charge >= 0.3 is 0 Å². The number of nitro benzene ring substituents is 1. The summed E-state index contributed by atoms with van der Waals surface area (Å²) in [6, 6.07) is 5.77. The molecule has 1 saturated carbocycles. The lowest BCUT2D eigenvalue weighted by Gasteiger charge is -2.11. The molecule has 2 fully saturated rings. The third-order valence-corrected chi connectivity index (χ3v) is 6.53. The summed E-state index contributed by atoms with van der Waals surface area (Å²) in [5, 5.41) is 18.0. The topological polar surface area (TPSA) is 93.0 Å². The Hall–Kier alpha value is -2.99. The summed E-state index contributed by atoms with van der Waals surface area (Å²) in [5.41, 5.74) is 0.532. The molecule has 2 heterocycles. The summed E-state index contributed by atoms with van der Waals surface area (Å²) in [5.74, 6) is 6.19. The minimum atomic E-state index is -0.749. The molecular weight excluding hydrogens is 444 g/mol. The van der Waals surface area contributed by atoms with Crippen molar-refractivity contribution in [3.05, 3.63) is 62.1 Å². The maximum Gasteiger partial charge on any atom is 0.285 e. The summed E-state index contributed by atoms with van der Waals surface area (Å²) < 4.78 is 14.5. The third-order valence-electron chi connectivity index (χ3n) is 5.75. The van der Waals surface area contributed by atoms with E-state index in [0.717, 1.165) is 19.5 Å². The molecule has 2 aliphatic rings. The maximum atomic E-state index is 14.5. The van der Waals surface area contributed by atoms with Gasteiger partial charge in [0.2, 0.25) is 0 Å². The first-order valence-corrected chi connectivity index (χ1v) is 10.2. The fourth-order valence-electron chi connectivity index (χ4n) is 3.92. The van der Waals surface area contributed by atoms with E-state index in [-0.39, 0.29) is 38.2 Å². The van der Waals surface area contributed by atoms with Crippen LogP contribution >= 0.6 is 23.2 Å². The highest BCUT2D eigenvalue weighted by Crippen LogP contribution is 2.54. The summed E-state index contributed by atoms with van der Waals surface area (Å²) in [4.78, 5) is 19.6. The molecule has 10 heteroatoms. The van der Waals surface area contributed by atoms with Crippen molar-refractivity contribution in [2.45, 2.75) is 6.42 Å².